The summed E-state index contributed by atoms with van der Waals surface area (Å²) in [6.45, 7) is 3.99. The van der Waals surface area contributed by atoms with Crippen molar-refractivity contribution >= 4 is 11.8 Å². The summed E-state index contributed by atoms with van der Waals surface area (Å²) >= 11 is 1.55. The van der Waals surface area contributed by atoms with E-state index in [0.29, 0.717) is 0 Å². The zero-order chi connectivity index (χ0) is 12.3. The second-order valence-corrected chi connectivity index (χ2v) is 4.98. The summed E-state index contributed by atoms with van der Waals surface area (Å²) in [5, 5.41) is 7.47. The monoisotopic (exact) mass is 252 g/mol. The third-order valence-electron chi connectivity index (χ3n) is 2.53. The largest absolute Gasteiger partial charge is 0.465 e. The number of nitrogens with zero attached hydrogens (tertiary/aromatic N) is 2. The van der Waals surface area contributed by atoms with Crippen LogP contribution in [0.3, 0.4) is 0 Å². The van der Waals surface area contributed by atoms with E-state index in [9.17, 15) is 0 Å². The molecule has 0 aliphatic carbocycles. The Morgan fingerprint density at radius 2 is 2.35 bits per heavy atom. The predicted molar refractivity (Wildman–Crippen MR) is 66.7 cm³/mol. The molecule has 2 unspecified atom stereocenters. The molecule has 2 aromatic rings. The zero-order valence-electron chi connectivity index (χ0n) is 9.88. The maximum absolute atomic E-state index is 6.13. The predicted octanol–water partition coefficient (Wildman–Crippen LogP) is 2.28. The summed E-state index contributed by atoms with van der Waals surface area (Å²) in [6.07, 6.45) is 2.37. The van der Waals surface area contributed by atoms with Crippen molar-refractivity contribution in [2.24, 2.45) is 5.73 Å². The summed E-state index contributed by atoms with van der Waals surface area (Å²) in [7, 11) is 0. The molecular formula is C11H16N4OS. The normalized spacial score (nSPS) is 14.8. The lowest BCUT2D eigenvalue weighted by Gasteiger charge is -2.18. The molecule has 0 amide bonds. The number of aromatic nitrogens is 3. The van der Waals surface area contributed by atoms with Crippen LogP contribution in [0.4, 0.5) is 0 Å². The third kappa shape index (κ3) is 2.89. The molecule has 92 valence electrons. The molecule has 2 rings (SSSR count). The van der Waals surface area contributed by atoms with E-state index in [1.54, 1.807) is 11.8 Å². The van der Waals surface area contributed by atoms with Crippen LogP contribution in [0.5, 0.6) is 0 Å². The van der Waals surface area contributed by atoms with Crippen molar-refractivity contribution < 1.29 is 4.42 Å². The molecule has 2 aromatic heterocycles. The number of aryl methyl sites for hydroxylation is 1. The topological polar surface area (TPSA) is 80.7 Å². The van der Waals surface area contributed by atoms with Crippen molar-refractivity contribution in [1.29, 1.82) is 0 Å². The second-order valence-electron chi connectivity index (χ2n) is 3.85. The maximum atomic E-state index is 6.13. The van der Waals surface area contributed by atoms with Crippen molar-refractivity contribution in [3.63, 3.8) is 0 Å². The molecule has 0 fully saturated rings. The van der Waals surface area contributed by atoms with Crippen LogP contribution in [-0.4, -0.2) is 21.2 Å². The van der Waals surface area contributed by atoms with E-state index in [4.69, 9.17) is 10.2 Å². The lowest BCUT2D eigenvalue weighted by molar-refractivity contribution is 0.454. The second kappa shape index (κ2) is 5.37. The lowest BCUT2D eigenvalue weighted by Crippen LogP contribution is -2.25. The Morgan fingerprint density at radius 3 is 2.88 bits per heavy atom. The SMILES string of the molecule is CCC(N)C(Sc1ncn[nH]1)c1ccc(C)o1. The molecule has 0 aliphatic heterocycles. The van der Waals surface area contributed by atoms with Crippen LogP contribution in [0.1, 0.15) is 30.1 Å². The van der Waals surface area contributed by atoms with Crippen molar-refractivity contribution in [3.05, 3.63) is 30.0 Å². The summed E-state index contributed by atoms with van der Waals surface area (Å²) < 4.78 is 5.65. The zero-order valence-corrected chi connectivity index (χ0v) is 10.7. The van der Waals surface area contributed by atoms with Crippen LogP contribution in [-0.2, 0) is 0 Å². The highest BCUT2D eigenvalue weighted by molar-refractivity contribution is 7.99. The van der Waals surface area contributed by atoms with E-state index >= 15 is 0 Å². The van der Waals surface area contributed by atoms with Crippen molar-refractivity contribution in [2.45, 2.75) is 36.7 Å². The average molecular weight is 252 g/mol. The minimum absolute atomic E-state index is 0.0237. The summed E-state index contributed by atoms with van der Waals surface area (Å²) in [6, 6.07) is 3.94. The van der Waals surface area contributed by atoms with Gasteiger partial charge in [-0.1, -0.05) is 18.7 Å². The highest BCUT2D eigenvalue weighted by Crippen LogP contribution is 2.36. The van der Waals surface area contributed by atoms with Gasteiger partial charge in [-0.25, -0.2) is 4.98 Å². The van der Waals surface area contributed by atoms with E-state index in [1.165, 1.54) is 6.33 Å². The number of nitrogens with two attached hydrogens (primary N) is 1. The van der Waals surface area contributed by atoms with Gasteiger partial charge in [0.25, 0.3) is 0 Å². The molecule has 0 spiro atoms. The minimum atomic E-state index is 0.0237. The first-order valence-electron chi connectivity index (χ1n) is 5.54. The summed E-state index contributed by atoms with van der Waals surface area (Å²) in [4.78, 5) is 4.10. The summed E-state index contributed by atoms with van der Waals surface area (Å²) in [5.41, 5.74) is 6.13. The number of nitrogens with one attached hydrogen (secondary N) is 1. The van der Waals surface area contributed by atoms with Gasteiger partial charge < -0.3 is 10.2 Å². The minimum Gasteiger partial charge on any atom is -0.465 e. The van der Waals surface area contributed by atoms with E-state index < -0.39 is 0 Å². The third-order valence-corrected chi connectivity index (χ3v) is 3.79. The number of aromatic amines is 1. The van der Waals surface area contributed by atoms with Gasteiger partial charge in [0.2, 0.25) is 0 Å². The molecule has 0 saturated heterocycles. The van der Waals surface area contributed by atoms with Crippen LogP contribution >= 0.6 is 11.8 Å². The standard InChI is InChI=1S/C11H16N4OS/c1-3-8(12)10(9-5-4-7(2)16-9)17-11-13-6-14-15-11/h4-6,8,10H,3,12H2,1-2H3,(H,13,14,15). The smallest absolute Gasteiger partial charge is 0.184 e. The van der Waals surface area contributed by atoms with Crippen LogP contribution in [0.15, 0.2) is 28.0 Å². The average Bonchev–Trinajstić information content (AvgIpc) is 2.96. The highest BCUT2D eigenvalue weighted by Gasteiger charge is 2.24. The fourth-order valence-corrected chi connectivity index (χ4v) is 2.61. The van der Waals surface area contributed by atoms with Gasteiger partial charge in [0.1, 0.15) is 17.8 Å². The van der Waals surface area contributed by atoms with Crippen LogP contribution in [0, 0.1) is 6.92 Å². The van der Waals surface area contributed by atoms with Gasteiger partial charge in [0, 0.05) is 6.04 Å². The quantitative estimate of drug-likeness (QED) is 0.798. The Kier molecular flexibility index (Phi) is 3.86. The maximum Gasteiger partial charge on any atom is 0.184 e. The Hall–Kier alpha value is -1.27. The molecule has 6 heteroatoms. The number of hydrogen-bond acceptors (Lipinski definition) is 5. The number of rotatable bonds is 5. The number of H-pyrrole nitrogens is 1. The van der Waals surface area contributed by atoms with Gasteiger partial charge in [-0.15, -0.1) is 0 Å². The van der Waals surface area contributed by atoms with Crippen LogP contribution in [0.25, 0.3) is 0 Å². The van der Waals surface area contributed by atoms with E-state index in [-0.39, 0.29) is 11.3 Å². The fourth-order valence-electron chi connectivity index (χ4n) is 1.55. The first-order valence-corrected chi connectivity index (χ1v) is 6.42. The molecule has 0 aliphatic rings. The number of hydrogen-bond donors (Lipinski definition) is 2. The lowest BCUT2D eigenvalue weighted by atomic mass is 10.1. The number of furan rings is 1. The Morgan fingerprint density at radius 1 is 1.53 bits per heavy atom. The van der Waals surface area contributed by atoms with Crippen molar-refractivity contribution in [1.82, 2.24) is 15.2 Å². The molecule has 17 heavy (non-hydrogen) atoms. The van der Waals surface area contributed by atoms with Crippen molar-refractivity contribution in [2.75, 3.05) is 0 Å². The van der Waals surface area contributed by atoms with Gasteiger partial charge >= 0.3 is 0 Å². The van der Waals surface area contributed by atoms with Gasteiger partial charge in [-0.3, -0.25) is 5.10 Å². The van der Waals surface area contributed by atoms with Crippen LogP contribution < -0.4 is 5.73 Å². The summed E-state index contributed by atoms with van der Waals surface area (Å²) in [5.74, 6) is 1.78. The van der Waals surface area contributed by atoms with Crippen molar-refractivity contribution in [3.8, 4) is 0 Å². The first kappa shape index (κ1) is 12.2. The van der Waals surface area contributed by atoms with E-state index in [2.05, 4.69) is 22.1 Å². The van der Waals surface area contributed by atoms with E-state index in [1.807, 2.05) is 19.1 Å². The molecule has 3 N–H and O–H groups in total. The van der Waals surface area contributed by atoms with Gasteiger partial charge in [-0.2, -0.15) is 5.10 Å². The van der Waals surface area contributed by atoms with E-state index in [0.717, 1.165) is 23.1 Å². The molecule has 0 aromatic carbocycles. The Balaban J connectivity index is 2.19. The molecule has 0 radical (unpaired) electrons. The van der Waals surface area contributed by atoms with Crippen LogP contribution in [0.2, 0.25) is 0 Å². The fraction of sp³-hybridized carbons (Fsp3) is 0.455. The highest BCUT2D eigenvalue weighted by atomic mass is 32.2. The molecule has 0 saturated carbocycles. The molecule has 0 bridgehead atoms. The van der Waals surface area contributed by atoms with Gasteiger partial charge in [0.15, 0.2) is 5.16 Å². The van der Waals surface area contributed by atoms with Gasteiger partial charge in [0.05, 0.1) is 5.25 Å². The molecule has 2 atom stereocenters. The number of thioether (sulfide) groups is 1. The van der Waals surface area contributed by atoms with Gasteiger partial charge in [-0.05, 0) is 25.5 Å². The Labute approximate surface area is 104 Å². The molecule has 2 heterocycles. The Bertz CT molecular complexity index is 454. The molecule has 5 nitrogen and oxygen atoms in total. The first-order chi connectivity index (χ1) is 8.20. The molecular weight excluding hydrogens is 236 g/mol.